The van der Waals surface area contributed by atoms with Crippen LogP contribution in [0.4, 0.5) is 5.82 Å². The van der Waals surface area contributed by atoms with Crippen molar-refractivity contribution in [3.8, 4) is 0 Å². The highest BCUT2D eigenvalue weighted by atomic mass is 16.2. The SMILES string of the molecule is O=C(C1CCN(c2ccn3nccc3n2)C1)N1CCc2ccccc2C1. The molecule has 1 atom stereocenters. The molecule has 0 saturated carbocycles. The van der Waals surface area contributed by atoms with Crippen molar-refractivity contribution in [1.29, 1.82) is 0 Å². The number of amides is 1. The molecule has 2 aliphatic heterocycles. The summed E-state index contributed by atoms with van der Waals surface area (Å²) in [5.41, 5.74) is 3.50. The first-order valence-corrected chi connectivity index (χ1v) is 9.19. The van der Waals surface area contributed by atoms with Crippen LogP contribution in [0.2, 0.25) is 0 Å². The monoisotopic (exact) mass is 347 g/mol. The molecule has 0 aliphatic carbocycles. The van der Waals surface area contributed by atoms with Gasteiger partial charge in [-0.3, -0.25) is 4.79 Å². The van der Waals surface area contributed by atoms with Gasteiger partial charge in [0.2, 0.25) is 5.91 Å². The second kappa shape index (κ2) is 6.12. The second-order valence-corrected chi connectivity index (χ2v) is 7.13. The van der Waals surface area contributed by atoms with Crippen molar-refractivity contribution in [2.75, 3.05) is 24.5 Å². The summed E-state index contributed by atoms with van der Waals surface area (Å²) in [6.07, 6.45) is 5.52. The number of hydrogen-bond donors (Lipinski definition) is 0. The molecule has 1 amide bonds. The summed E-state index contributed by atoms with van der Waals surface area (Å²) in [4.78, 5) is 21.9. The first-order valence-electron chi connectivity index (χ1n) is 9.19. The number of nitrogens with zero attached hydrogens (tertiary/aromatic N) is 5. The molecule has 0 N–H and O–H groups in total. The third kappa shape index (κ3) is 2.62. The maximum absolute atomic E-state index is 13.0. The van der Waals surface area contributed by atoms with E-state index in [0.29, 0.717) is 0 Å². The standard InChI is InChI=1S/C20H21N5O/c26-20(24-11-6-15-3-1-2-4-16(15)13-24)17-7-10-23(14-17)18-8-12-25-19(22-18)5-9-21-25/h1-5,8-9,12,17H,6-7,10-11,13-14H2. The van der Waals surface area contributed by atoms with Crippen LogP contribution < -0.4 is 4.90 Å². The van der Waals surface area contributed by atoms with Crippen molar-refractivity contribution in [2.24, 2.45) is 5.92 Å². The first-order chi connectivity index (χ1) is 12.8. The highest BCUT2D eigenvalue weighted by Gasteiger charge is 2.33. The molecule has 6 heteroatoms. The summed E-state index contributed by atoms with van der Waals surface area (Å²) < 4.78 is 1.76. The van der Waals surface area contributed by atoms with Crippen molar-refractivity contribution in [2.45, 2.75) is 19.4 Å². The van der Waals surface area contributed by atoms with Gasteiger partial charge in [-0.05, 0) is 30.0 Å². The van der Waals surface area contributed by atoms with Gasteiger partial charge in [-0.25, -0.2) is 9.50 Å². The van der Waals surface area contributed by atoms with E-state index < -0.39 is 0 Å². The van der Waals surface area contributed by atoms with E-state index in [1.165, 1.54) is 11.1 Å². The molecular weight excluding hydrogens is 326 g/mol. The Balaban J connectivity index is 1.29. The summed E-state index contributed by atoms with van der Waals surface area (Å²) in [5, 5.41) is 4.18. The van der Waals surface area contributed by atoms with Gasteiger partial charge in [0.15, 0.2) is 5.65 Å². The molecule has 1 fully saturated rings. The molecule has 2 aliphatic rings. The molecule has 4 heterocycles. The van der Waals surface area contributed by atoms with Crippen LogP contribution in [0, 0.1) is 5.92 Å². The van der Waals surface area contributed by atoms with Crippen LogP contribution >= 0.6 is 0 Å². The van der Waals surface area contributed by atoms with E-state index in [1.54, 1.807) is 10.7 Å². The van der Waals surface area contributed by atoms with Crippen LogP contribution in [0.3, 0.4) is 0 Å². The number of fused-ring (bicyclic) bond motifs is 2. The van der Waals surface area contributed by atoms with E-state index in [9.17, 15) is 4.79 Å². The van der Waals surface area contributed by atoms with Crippen LogP contribution in [0.1, 0.15) is 17.5 Å². The zero-order chi connectivity index (χ0) is 17.5. The largest absolute Gasteiger partial charge is 0.356 e. The number of aromatic nitrogens is 3. The van der Waals surface area contributed by atoms with E-state index >= 15 is 0 Å². The van der Waals surface area contributed by atoms with E-state index in [1.807, 2.05) is 23.2 Å². The molecule has 0 spiro atoms. The number of carbonyl (C=O) groups excluding carboxylic acids is 1. The van der Waals surface area contributed by atoms with E-state index in [2.05, 4.69) is 39.2 Å². The van der Waals surface area contributed by atoms with Gasteiger partial charge in [-0.2, -0.15) is 5.10 Å². The smallest absolute Gasteiger partial charge is 0.227 e. The molecule has 1 saturated heterocycles. The number of rotatable bonds is 2. The van der Waals surface area contributed by atoms with E-state index in [4.69, 9.17) is 0 Å². The Hall–Kier alpha value is -2.89. The lowest BCUT2D eigenvalue weighted by Crippen LogP contribution is -2.40. The molecular formula is C20H21N5O. The van der Waals surface area contributed by atoms with Gasteiger partial charge in [0.1, 0.15) is 5.82 Å². The zero-order valence-corrected chi connectivity index (χ0v) is 14.6. The van der Waals surface area contributed by atoms with Gasteiger partial charge < -0.3 is 9.80 Å². The normalized spacial score (nSPS) is 19.8. The third-order valence-electron chi connectivity index (χ3n) is 5.55. The molecule has 6 nitrogen and oxygen atoms in total. The predicted octanol–water partition coefficient (Wildman–Crippen LogP) is 2.14. The lowest BCUT2D eigenvalue weighted by molar-refractivity contribution is -0.135. The molecule has 5 rings (SSSR count). The van der Waals surface area contributed by atoms with Crippen molar-refractivity contribution in [3.05, 3.63) is 59.9 Å². The maximum atomic E-state index is 13.0. The third-order valence-corrected chi connectivity index (χ3v) is 5.55. The number of benzene rings is 1. The van der Waals surface area contributed by atoms with Crippen molar-refractivity contribution in [3.63, 3.8) is 0 Å². The lowest BCUT2D eigenvalue weighted by Gasteiger charge is -2.31. The molecule has 0 radical (unpaired) electrons. The molecule has 1 unspecified atom stereocenters. The Kier molecular flexibility index (Phi) is 3.62. The quantitative estimate of drug-likeness (QED) is 0.713. The average Bonchev–Trinajstić information content (AvgIpc) is 3.35. The van der Waals surface area contributed by atoms with Gasteiger partial charge >= 0.3 is 0 Å². The van der Waals surface area contributed by atoms with Gasteiger partial charge in [0.05, 0.1) is 12.1 Å². The van der Waals surface area contributed by atoms with Crippen molar-refractivity contribution >= 4 is 17.4 Å². The summed E-state index contributed by atoms with van der Waals surface area (Å²) in [6.45, 7) is 3.18. The average molecular weight is 347 g/mol. The van der Waals surface area contributed by atoms with Gasteiger partial charge in [-0.1, -0.05) is 24.3 Å². The van der Waals surface area contributed by atoms with Crippen molar-refractivity contribution < 1.29 is 4.79 Å². The fourth-order valence-corrected chi connectivity index (χ4v) is 4.09. The number of anilines is 1. The summed E-state index contributed by atoms with van der Waals surface area (Å²) in [6, 6.07) is 12.3. The molecule has 26 heavy (non-hydrogen) atoms. The van der Waals surface area contributed by atoms with Crippen LogP contribution in [0.5, 0.6) is 0 Å². The van der Waals surface area contributed by atoms with Crippen LogP contribution in [-0.2, 0) is 17.8 Å². The van der Waals surface area contributed by atoms with Gasteiger partial charge in [0.25, 0.3) is 0 Å². The highest BCUT2D eigenvalue weighted by Crippen LogP contribution is 2.26. The van der Waals surface area contributed by atoms with Crippen LogP contribution in [0.25, 0.3) is 5.65 Å². The topological polar surface area (TPSA) is 53.7 Å². The number of hydrogen-bond acceptors (Lipinski definition) is 4. The molecule has 132 valence electrons. The predicted molar refractivity (Wildman–Crippen MR) is 98.9 cm³/mol. The minimum absolute atomic E-state index is 0.0585. The second-order valence-electron chi connectivity index (χ2n) is 7.13. The lowest BCUT2D eigenvalue weighted by atomic mass is 9.98. The number of carbonyl (C=O) groups is 1. The Labute approximate surface area is 152 Å². The summed E-state index contributed by atoms with van der Waals surface area (Å²) in [7, 11) is 0. The van der Waals surface area contributed by atoms with Crippen molar-refractivity contribution in [1.82, 2.24) is 19.5 Å². The molecule has 0 bridgehead atoms. The molecule has 1 aromatic carbocycles. The highest BCUT2D eigenvalue weighted by molar-refractivity contribution is 5.80. The molecule has 3 aromatic rings. The van der Waals surface area contributed by atoms with E-state index in [-0.39, 0.29) is 11.8 Å². The van der Waals surface area contributed by atoms with Crippen LogP contribution in [-0.4, -0.2) is 45.0 Å². The van der Waals surface area contributed by atoms with Crippen LogP contribution in [0.15, 0.2) is 48.8 Å². The minimum Gasteiger partial charge on any atom is -0.356 e. The Bertz CT molecular complexity index is 965. The van der Waals surface area contributed by atoms with Gasteiger partial charge in [0, 0.05) is 38.4 Å². The van der Waals surface area contributed by atoms with E-state index in [0.717, 1.165) is 50.5 Å². The fourth-order valence-electron chi connectivity index (χ4n) is 4.09. The van der Waals surface area contributed by atoms with Gasteiger partial charge in [-0.15, -0.1) is 0 Å². The summed E-state index contributed by atoms with van der Waals surface area (Å²) in [5.74, 6) is 1.27. The molecule has 2 aromatic heterocycles. The fraction of sp³-hybridized carbons (Fsp3) is 0.350. The summed E-state index contributed by atoms with van der Waals surface area (Å²) >= 11 is 0. The first kappa shape index (κ1) is 15.4. The minimum atomic E-state index is 0.0585. The Morgan fingerprint density at radius 3 is 2.88 bits per heavy atom. The Morgan fingerprint density at radius 2 is 1.96 bits per heavy atom. The zero-order valence-electron chi connectivity index (χ0n) is 14.6. The Morgan fingerprint density at radius 1 is 1.08 bits per heavy atom. The maximum Gasteiger partial charge on any atom is 0.227 e.